The van der Waals surface area contributed by atoms with E-state index < -0.39 is 0 Å². The summed E-state index contributed by atoms with van der Waals surface area (Å²) in [7, 11) is 1.52. The van der Waals surface area contributed by atoms with Gasteiger partial charge in [0.2, 0.25) is 0 Å². The summed E-state index contributed by atoms with van der Waals surface area (Å²) in [6, 6.07) is 10.0. The normalized spacial score (nSPS) is 28.0. The molecular weight excluding hydrogens is 324 g/mol. The average molecular weight is 344 g/mol. The lowest BCUT2D eigenvalue weighted by atomic mass is 9.85. The molecule has 25 heavy (non-hydrogen) atoms. The van der Waals surface area contributed by atoms with Crippen molar-refractivity contribution in [1.29, 1.82) is 0 Å². The molecule has 0 spiro atoms. The topological polar surface area (TPSA) is 88.4 Å². The van der Waals surface area contributed by atoms with E-state index in [0.717, 1.165) is 11.1 Å². The Balaban J connectivity index is 1.58. The van der Waals surface area contributed by atoms with Crippen molar-refractivity contribution in [3.63, 3.8) is 0 Å². The molecule has 2 aliphatic rings. The van der Waals surface area contributed by atoms with Gasteiger partial charge in [0.25, 0.3) is 0 Å². The van der Waals surface area contributed by atoms with E-state index in [9.17, 15) is 15.3 Å². The second-order valence-corrected chi connectivity index (χ2v) is 6.52. The standard InChI is InChI=1S/C19H20O6/c1-23-17-7-11(3-5-15(17)21)19-13-9-24-18(12(13)8-25-19)10-2-4-14(20)16(22)6-10/h2-7,12-13,18-22H,8-9H2,1H3/t12-,13-,18+,19-/m1/s1. The van der Waals surface area contributed by atoms with E-state index in [1.54, 1.807) is 24.3 Å². The summed E-state index contributed by atoms with van der Waals surface area (Å²) in [6.45, 7) is 1.09. The fraction of sp³-hybridized carbons (Fsp3) is 0.368. The summed E-state index contributed by atoms with van der Waals surface area (Å²) in [5.74, 6) is 0.562. The first kappa shape index (κ1) is 16.1. The third kappa shape index (κ3) is 2.67. The molecule has 0 amide bonds. The fourth-order valence-electron chi connectivity index (χ4n) is 3.82. The molecule has 0 aliphatic carbocycles. The minimum Gasteiger partial charge on any atom is -0.504 e. The molecule has 6 nitrogen and oxygen atoms in total. The minimum atomic E-state index is -0.180. The van der Waals surface area contributed by atoms with Crippen LogP contribution in [-0.2, 0) is 9.47 Å². The molecule has 2 saturated heterocycles. The lowest BCUT2D eigenvalue weighted by Gasteiger charge is -2.17. The van der Waals surface area contributed by atoms with Crippen LogP contribution in [0.3, 0.4) is 0 Å². The smallest absolute Gasteiger partial charge is 0.160 e. The largest absolute Gasteiger partial charge is 0.504 e. The van der Waals surface area contributed by atoms with Gasteiger partial charge in [0, 0.05) is 11.8 Å². The van der Waals surface area contributed by atoms with Crippen molar-refractivity contribution in [2.75, 3.05) is 20.3 Å². The Morgan fingerprint density at radius 3 is 1.92 bits per heavy atom. The molecule has 6 heteroatoms. The molecule has 0 unspecified atom stereocenters. The molecule has 2 aliphatic heterocycles. The lowest BCUT2D eigenvalue weighted by molar-refractivity contribution is 0.0191. The zero-order valence-electron chi connectivity index (χ0n) is 13.8. The quantitative estimate of drug-likeness (QED) is 0.742. The molecule has 0 saturated carbocycles. The van der Waals surface area contributed by atoms with Gasteiger partial charge in [0.1, 0.15) is 0 Å². The number of benzene rings is 2. The van der Waals surface area contributed by atoms with Gasteiger partial charge in [-0.05, 0) is 35.4 Å². The van der Waals surface area contributed by atoms with Gasteiger partial charge in [-0.1, -0.05) is 12.1 Å². The molecular formula is C19H20O6. The Kier molecular flexibility index (Phi) is 3.94. The van der Waals surface area contributed by atoms with Crippen LogP contribution in [0.4, 0.5) is 0 Å². The number of hydrogen-bond donors (Lipinski definition) is 3. The van der Waals surface area contributed by atoms with Crippen molar-refractivity contribution in [3.8, 4) is 23.0 Å². The number of rotatable bonds is 3. The Morgan fingerprint density at radius 2 is 1.36 bits per heavy atom. The Bertz CT molecular complexity index is 789. The van der Waals surface area contributed by atoms with E-state index in [1.807, 2.05) is 6.07 Å². The number of methoxy groups -OCH3 is 1. The van der Waals surface area contributed by atoms with Crippen LogP contribution in [0.5, 0.6) is 23.0 Å². The first-order chi connectivity index (χ1) is 12.1. The summed E-state index contributed by atoms with van der Waals surface area (Å²) in [6.07, 6.45) is -0.310. The highest BCUT2D eigenvalue weighted by Gasteiger charge is 2.48. The minimum absolute atomic E-state index is 0.0981. The third-order valence-electron chi connectivity index (χ3n) is 5.12. The monoisotopic (exact) mass is 344 g/mol. The molecule has 4 atom stereocenters. The summed E-state index contributed by atoms with van der Waals surface area (Å²) in [4.78, 5) is 0. The SMILES string of the molecule is COc1cc([C@H]2OC[C@@H]3[C@H]2CO[C@H]3c2ccc(O)c(O)c2)ccc1O. The van der Waals surface area contributed by atoms with Gasteiger partial charge in [-0.2, -0.15) is 0 Å². The molecule has 0 radical (unpaired) electrons. The highest BCUT2D eigenvalue weighted by atomic mass is 16.5. The molecule has 2 aromatic carbocycles. The fourth-order valence-corrected chi connectivity index (χ4v) is 3.82. The highest BCUT2D eigenvalue weighted by Crippen LogP contribution is 2.51. The van der Waals surface area contributed by atoms with Crippen molar-refractivity contribution in [2.24, 2.45) is 11.8 Å². The van der Waals surface area contributed by atoms with E-state index in [0.29, 0.717) is 19.0 Å². The zero-order chi connectivity index (χ0) is 17.6. The van der Waals surface area contributed by atoms with Gasteiger partial charge in [0.15, 0.2) is 23.0 Å². The maximum atomic E-state index is 9.77. The van der Waals surface area contributed by atoms with Crippen molar-refractivity contribution >= 4 is 0 Å². The molecule has 132 valence electrons. The molecule has 3 N–H and O–H groups in total. The van der Waals surface area contributed by atoms with Crippen LogP contribution in [0.25, 0.3) is 0 Å². The second kappa shape index (κ2) is 6.13. The summed E-state index contributed by atoms with van der Waals surface area (Å²) >= 11 is 0. The van der Waals surface area contributed by atoms with Crippen molar-refractivity contribution < 1.29 is 29.5 Å². The number of hydrogen-bond acceptors (Lipinski definition) is 6. The Labute approximate surface area is 145 Å². The lowest BCUT2D eigenvalue weighted by Crippen LogP contribution is -2.14. The van der Waals surface area contributed by atoms with Crippen molar-refractivity contribution in [3.05, 3.63) is 47.5 Å². The zero-order valence-corrected chi connectivity index (χ0v) is 13.8. The number of phenolic OH excluding ortho intramolecular Hbond substituents is 3. The van der Waals surface area contributed by atoms with Crippen LogP contribution in [0.1, 0.15) is 23.3 Å². The summed E-state index contributed by atoms with van der Waals surface area (Å²) in [5, 5.41) is 29.0. The molecule has 0 bridgehead atoms. The predicted molar refractivity (Wildman–Crippen MR) is 88.8 cm³/mol. The van der Waals surface area contributed by atoms with Crippen LogP contribution in [0.2, 0.25) is 0 Å². The van der Waals surface area contributed by atoms with Crippen LogP contribution >= 0.6 is 0 Å². The van der Waals surface area contributed by atoms with Gasteiger partial charge in [-0.25, -0.2) is 0 Å². The third-order valence-corrected chi connectivity index (χ3v) is 5.12. The van der Waals surface area contributed by atoms with E-state index in [2.05, 4.69) is 0 Å². The highest BCUT2D eigenvalue weighted by molar-refractivity contribution is 5.44. The van der Waals surface area contributed by atoms with Gasteiger partial charge in [-0.3, -0.25) is 0 Å². The second-order valence-electron chi connectivity index (χ2n) is 6.52. The van der Waals surface area contributed by atoms with Crippen LogP contribution in [0.15, 0.2) is 36.4 Å². The molecule has 2 heterocycles. The summed E-state index contributed by atoms with van der Waals surface area (Å²) in [5.41, 5.74) is 1.77. The molecule has 0 aromatic heterocycles. The van der Waals surface area contributed by atoms with E-state index in [-0.39, 0.29) is 41.3 Å². The van der Waals surface area contributed by atoms with Crippen molar-refractivity contribution in [2.45, 2.75) is 12.2 Å². The number of phenols is 3. The number of fused-ring (bicyclic) bond motifs is 1. The van der Waals surface area contributed by atoms with Gasteiger partial charge >= 0.3 is 0 Å². The van der Waals surface area contributed by atoms with Gasteiger partial charge < -0.3 is 29.5 Å². The van der Waals surface area contributed by atoms with E-state index >= 15 is 0 Å². The predicted octanol–water partition coefficient (Wildman–Crippen LogP) is 2.89. The van der Waals surface area contributed by atoms with Gasteiger partial charge in [0.05, 0.1) is 32.5 Å². The molecule has 2 aromatic rings. The molecule has 4 rings (SSSR count). The maximum Gasteiger partial charge on any atom is 0.160 e. The number of ether oxygens (including phenoxy) is 3. The van der Waals surface area contributed by atoms with Crippen LogP contribution in [0, 0.1) is 11.8 Å². The average Bonchev–Trinajstić information content (AvgIpc) is 3.20. The van der Waals surface area contributed by atoms with Crippen LogP contribution < -0.4 is 4.74 Å². The van der Waals surface area contributed by atoms with E-state index in [4.69, 9.17) is 14.2 Å². The van der Waals surface area contributed by atoms with Crippen molar-refractivity contribution in [1.82, 2.24) is 0 Å². The molecule has 2 fully saturated rings. The van der Waals surface area contributed by atoms with Gasteiger partial charge in [-0.15, -0.1) is 0 Å². The van der Waals surface area contributed by atoms with E-state index in [1.165, 1.54) is 13.2 Å². The first-order valence-electron chi connectivity index (χ1n) is 8.20. The summed E-state index contributed by atoms with van der Waals surface area (Å²) < 4.78 is 17.2. The van der Waals surface area contributed by atoms with Crippen LogP contribution in [-0.4, -0.2) is 35.6 Å². The number of aromatic hydroxyl groups is 3. The Morgan fingerprint density at radius 1 is 0.800 bits per heavy atom. The maximum absolute atomic E-state index is 9.77. The Hall–Kier alpha value is -2.44. The first-order valence-corrected chi connectivity index (χ1v) is 8.20.